The van der Waals surface area contributed by atoms with Gasteiger partial charge in [-0.05, 0) is 31.4 Å². The monoisotopic (exact) mass is 254 g/mol. The summed E-state index contributed by atoms with van der Waals surface area (Å²) in [6, 6.07) is 5.16. The van der Waals surface area contributed by atoms with Crippen LogP contribution in [-0.4, -0.2) is 31.1 Å². The number of nitrogen functional groups attached to an aromatic ring is 1. The summed E-state index contributed by atoms with van der Waals surface area (Å²) >= 11 is 1.76. The van der Waals surface area contributed by atoms with E-state index < -0.39 is 0 Å². The number of hydrogen-bond donors (Lipinski definition) is 2. The van der Waals surface area contributed by atoms with Crippen LogP contribution in [0.4, 0.5) is 11.4 Å². The van der Waals surface area contributed by atoms with Crippen molar-refractivity contribution < 1.29 is 9.53 Å². The zero-order valence-corrected chi connectivity index (χ0v) is 11.0. The second-order valence-corrected chi connectivity index (χ2v) is 4.43. The summed E-state index contributed by atoms with van der Waals surface area (Å²) in [6.45, 7) is 3.00. The molecule has 0 aliphatic carbocycles. The Labute approximate surface area is 106 Å². The van der Waals surface area contributed by atoms with Crippen molar-refractivity contribution in [2.75, 3.05) is 36.2 Å². The van der Waals surface area contributed by atoms with Crippen molar-refractivity contribution in [2.45, 2.75) is 6.92 Å². The van der Waals surface area contributed by atoms with Gasteiger partial charge in [-0.15, -0.1) is 0 Å². The first-order valence-electron chi connectivity index (χ1n) is 5.48. The molecule has 0 spiro atoms. The number of anilines is 2. The van der Waals surface area contributed by atoms with Crippen LogP contribution in [0.1, 0.15) is 17.3 Å². The van der Waals surface area contributed by atoms with Crippen LogP contribution in [0.3, 0.4) is 0 Å². The normalized spacial score (nSPS) is 10.0. The van der Waals surface area contributed by atoms with Crippen molar-refractivity contribution in [3.05, 3.63) is 23.8 Å². The number of esters is 1. The number of carbonyl (C=O) groups is 1. The number of hydrogen-bond acceptors (Lipinski definition) is 5. The molecule has 94 valence electrons. The van der Waals surface area contributed by atoms with E-state index in [-0.39, 0.29) is 5.97 Å². The average molecular weight is 254 g/mol. The van der Waals surface area contributed by atoms with E-state index in [1.54, 1.807) is 30.8 Å². The minimum atomic E-state index is -0.338. The highest BCUT2D eigenvalue weighted by Crippen LogP contribution is 2.20. The smallest absolute Gasteiger partial charge is 0.338 e. The fraction of sp³-hybridized carbons (Fsp3) is 0.417. The molecule has 4 nitrogen and oxygen atoms in total. The highest BCUT2D eigenvalue weighted by Gasteiger charge is 2.08. The minimum absolute atomic E-state index is 0.338. The van der Waals surface area contributed by atoms with E-state index in [0.29, 0.717) is 17.9 Å². The number of nitrogens with one attached hydrogen (secondary N) is 1. The lowest BCUT2D eigenvalue weighted by molar-refractivity contribution is 0.0526. The van der Waals surface area contributed by atoms with Gasteiger partial charge in [0.2, 0.25) is 0 Å². The largest absolute Gasteiger partial charge is 0.462 e. The summed E-state index contributed by atoms with van der Waals surface area (Å²) in [7, 11) is 0. The number of ether oxygens (including phenoxy) is 1. The zero-order chi connectivity index (χ0) is 12.7. The maximum atomic E-state index is 11.5. The summed E-state index contributed by atoms with van der Waals surface area (Å²) in [5.74, 6) is 0.675. The molecule has 0 aliphatic rings. The van der Waals surface area contributed by atoms with E-state index >= 15 is 0 Å². The molecule has 1 aromatic carbocycles. The first kappa shape index (κ1) is 13.7. The van der Waals surface area contributed by atoms with Crippen LogP contribution in [0.2, 0.25) is 0 Å². The molecule has 0 saturated heterocycles. The fourth-order valence-corrected chi connectivity index (χ4v) is 1.66. The Morgan fingerprint density at radius 3 is 2.88 bits per heavy atom. The highest BCUT2D eigenvalue weighted by molar-refractivity contribution is 7.98. The quantitative estimate of drug-likeness (QED) is 0.463. The Bertz CT molecular complexity index is 383. The van der Waals surface area contributed by atoms with Gasteiger partial charge in [0.05, 0.1) is 23.5 Å². The van der Waals surface area contributed by atoms with Gasteiger partial charge in [-0.25, -0.2) is 4.79 Å². The number of rotatable bonds is 6. The highest BCUT2D eigenvalue weighted by atomic mass is 32.2. The van der Waals surface area contributed by atoms with Gasteiger partial charge in [-0.2, -0.15) is 11.8 Å². The third-order valence-corrected chi connectivity index (χ3v) is 2.80. The molecular formula is C12H18N2O2S. The van der Waals surface area contributed by atoms with Crippen LogP contribution < -0.4 is 11.1 Å². The fourth-order valence-electron chi connectivity index (χ4n) is 1.35. The predicted molar refractivity (Wildman–Crippen MR) is 73.7 cm³/mol. The van der Waals surface area contributed by atoms with Crippen molar-refractivity contribution in [1.82, 2.24) is 0 Å². The van der Waals surface area contributed by atoms with Crippen LogP contribution in [-0.2, 0) is 4.74 Å². The van der Waals surface area contributed by atoms with Gasteiger partial charge in [0.15, 0.2) is 0 Å². The molecule has 0 aliphatic heterocycles. The van der Waals surface area contributed by atoms with Crippen LogP contribution in [0.25, 0.3) is 0 Å². The SMILES string of the molecule is CCOC(=O)c1ccc(NCCSC)c(N)c1. The number of carbonyl (C=O) groups excluding carboxylic acids is 1. The first-order valence-corrected chi connectivity index (χ1v) is 6.88. The summed E-state index contributed by atoms with van der Waals surface area (Å²) in [4.78, 5) is 11.5. The number of benzene rings is 1. The molecule has 0 radical (unpaired) electrons. The molecule has 0 saturated carbocycles. The van der Waals surface area contributed by atoms with Crippen LogP contribution >= 0.6 is 11.8 Å². The molecule has 1 rings (SSSR count). The zero-order valence-electron chi connectivity index (χ0n) is 10.2. The maximum Gasteiger partial charge on any atom is 0.338 e. The number of nitrogens with two attached hydrogens (primary N) is 1. The lowest BCUT2D eigenvalue weighted by Crippen LogP contribution is -2.09. The number of thioether (sulfide) groups is 1. The molecule has 0 fully saturated rings. The summed E-state index contributed by atoms with van der Waals surface area (Å²) in [6.07, 6.45) is 2.05. The predicted octanol–water partition coefficient (Wildman–Crippen LogP) is 2.22. The van der Waals surface area contributed by atoms with Gasteiger partial charge < -0.3 is 15.8 Å². The molecule has 0 bridgehead atoms. The van der Waals surface area contributed by atoms with E-state index in [2.05, 4.69) is 11.6 Å². The van der Waals surface area contributed by atoms with Crippen LogP contribution in [0.15, 0.2) is 18.2 Å². The van der Waals surface area contributed by atoms with E-state index in [0.717, 1.165) is 18.0 Å². The summed E-state index contributed by atoms with van der Waals surface area (Å²) in [5.41, 5.74) is 7.77. The summed E-state index contributed by atoms with van der Waals surface area (Å²) in [5, 5.41) is 3.21. The van der Waals surface area contributed by atoms with Gasteiger partial charge in [0.1, 0.15) is 0 Å². The van der Waals surface area contributed by atoms with Crippen molar-refractivity contribution in [1.29, 1.82) is 0 Å². The van der Waals surface area contributed by atoms with Crippen molar-refractivity contribution in [3.63, 3.8) is 0 Å². The molecule has 5 heteroatoms. The lowest BCUT2D eigenvalue weighted by atomic mass is 10.1. The van der Waals surface area contributed by atoms with Gasteiger partial charge in [0.25, 0.3) is 0 Å². The summed E-state index contributed by atoms with van der Waals surface area (Å²) < 4.78 is 4.90. The Balaban J connectivity index is 2.68. The molecule has 0 unspecified atom stereocenters. The van der Waals surface area contributed by atoms with E-state index in [9.17, 15) is 4.79 Å². The van der Waals surface area contributed by atoms with E-state index in [4.69, 9.17) is 10.5 Å². The van der Waals surface area contributed by atoms with Crippen LogP contribution in [0, 0.1) is 0 Å². The van der Waals surface area contributed by atoms with Crippen molar-refractivity contribution >= 4 is 29.1 Å². The van der Waals surface area contributed by atoms with Gasteiger partial charge >= 0.3 is 5.97 Å². The standard InChI is InChI=1S/C12H18N2O2S/c1-3-16-12(15)9-4-5-11(10(13)8-9)14-6-7-17-2/h4-5,8,14H,3,6-7,13H2,1-2H3. The molecule has 17 heavy (non-hydrogen) atoms. The first-order chi connectivity index (χ1) is 8.19. The Kier molecular flexibility index (Phi) is 5.69. The topological polar surface area (TPSA) is 64.3 Å². The molecule has 1 aromatic rings. The van der Waals surface area contributed by atoms with Crippen molar-refractivity contribution in [3.8, 4) is 0 Å². The Hall–Kier alpha value is -1.36. The second kappa shape index (κ2) is 7.06. The molecule has 0 aromatic heterocycles. The maximum absolute atomic E-state index is 11.5. The average Bonchev–Trinajstić information content (AvgIpc) is 2.31. The Morgan fingerprint density at radius 2 is 2.29 bits per heavy atom. The van der Waals surface area contributed by atoms with Crippen molar-refractivity contribution in [2.24, 2.45) is 0 Å². The molecule has 0 amide bonds. The van der Waals surface area contributed by atoms with Gasteiger partial charge in [-0.1, -0.05) is 0 Å². The van der Waals surface area contributed by atoms with Gasteiger partial charge in [0, 0.05) is 12.3 Å². The minimum Gasteiger partial charge on any atom is -0.462 e. The molecule has 0 atom stereocenters. The van der Waals surface area contributed by atoms with Gasteiger partial charge in [-0.3, -0.25) is 0 Å². The Morgan fingerprint density at radius 1 is 1.53 bits per heavy atom. The third kappa shape index (κ3) is 4.19. The van der Waals surface area contributed by atoms with Crippen LogP contribution in [0.5, 0.6) is 0 Å². The molecule has 3 N–H and O–H groups in total. The molecule has 0 heterocycles. The second-order valence-electron chi connectivity index (χ2n) is 3.44. The molecular weight excluding hydrogens is 236 g/mol. The third-order valence-electron chi connectivity index (χ3n) is 2.18. The van der Waals surface area contributed by atoms with E-state index in [1.165, 1.54) is 0 Å². The van der Waals surface area contributed by atoms with E-state index in [1.807, 2.05) is 6.07 Å². The lowest BCUT2D eigenvalue weighted by Gasteiger charge is -2.10.